The van der Waals surface area contributed by atoms with Crippen LogP contribution in [0.15, 0.2) is 18.2 Å². The normalized spacial score (nSPS) is 17.3. The van der Waals surface area contributed by atoms with E-state index in [1.165, 1.54) is 12.1 Å². The first-order valence-electron chi connectivity index (χ1n) is 9.45. The fraction of sp³-hybridized carbons (Fsp3) is 0.500. The third kappa shape index (κ3) is 5.79. The minimum atomic E-state index is -4.56. The van der Waals surface area contributed by atoms with Gasteiger partial charge in [0.15, 0.2) is 0 Å². The number of halogens is 5. The van der Waals surface area contributed by atoms with Crippen LogP contribution in [-0.4, -0.2) is 67.6 Å². The molecule has 0 unspecified atom stereocenters. The SMILES string of the molecule is Cl.FC(F)(F)c1cc(Nc2nc(N3CCOCC3)nc(N3CCOCC3)n2)ccc1Cl. The molecule has 1 N–H and O–H groups in total. The summed E-state index contributed by atoms with van der Waals surface area (Å²) in [6.45, 7) is 4.66. The van der Waals surface area contributed by atoms with Crippen molar-refractivity contribution in [3.8, 4) is 0 Å². The standard InChI is InChI=1S/C18H20ClF3N6O2.ClH/c19-14-2-1-12(11-13(14)18(20,21)22)23-15-24-16(27-3-7-29-8-4-27)26-17(25-15)28-5-9-30-10-6-28;/h1-2,11H,3-10H2,(H,23,24,25,26);1H. The van der Waals surface area contributed by atoms with Crippen molar-refractivity contribution in [2.24, 2.45) is 0 Å². The maximum Gasteiger partial charge on any atom is 0.417 e. The van der Waals surface area contributed by atoms with Gasteiger partial charge < -0.3 is 24.6 Å². The van der Waals surface area contributed by atoms with Crippen molar-refractivity contribution < 1.29 is 22.6 Å². The van der Waals surface area contributed by atoms with Crippen molar-refractivity contribution in [3.05, 3.63) is 28.8 Å². The lowest BCUT2D eigenvalue weighted by Crippen LogP contribution is -2.40. The lowest BCUT2D eigenvalue weighted by molar-refractivity contribution is -0.137. The molecule has 4 rings (SSSR count). The third-order valence-electron chi connectivity index (χ3n) is 4.73. The Morgan fingerprint density at radius 3 is 1.87 bits per heavy atom. The Morgan fingerprint density at radius 2 is 1.39 bits per heavy atom. The maximum absolute atomic E-state index is 13.2. The Labute approximate surface area is 188 Å². The molecule has 0 radical (unpaired) electrons. The van der Waals surface area contributed by atoms with E-state index < -0.39 is 11.7 Å². The second-order valence-electron chi connectivity index (χ2n) is 6.78. The predicted octanol–water partition coefficient (Wildman–Crippen LogP) is 3.38. The Bertz CT molecular complexity index is 857. The van der Waals surface area contributed by atoms with Gasteiger partial charge in [-0.25, -0.2) is 0 Å². The number of rotatable bonds is 4. The Balaban J connectivity index is 0.00000272. The molecule has 2 aliphatic heterocycles. The number of nitrogens with zero attached hydrogens (tertiary/aromatic N) is 5. The largest absolute Gasteiger partial charge is 0.417 e. The van der Waals surface area contributed by atoms with Crippen LogP contribution in [0.3, 0.4) is 0 Å². The van der Waals surface area contributed by atoms with Crippen LogP contribution < -0.4 is 15.1 Å². The second kappa shape index (κ2) is 10.0. The molecular weight excluding hydrogens is 460 g/mol. The van der Waals surface area contributed by atoms with Gasteiger partial charge in [0.2, 0.25) is 17.8 Å². The fourth-order valence-electron chi connectivity index (χ4n) is 3.17. The lowest BCUT2D eigenvalue weighted by Gasteiger charge is -2.30. The van der Waals surface area contributed by atoms with Crippen LogP contribution in [-0.2, 0) is 15.7 Å². The molecule has 2 aromatic rings. The van der Waals surface area contributed by atoms with Gasteiger partial charge in [-0.1, -0.05) is 11.6 Å². The second-order valence-corrected chi connectivity index (χ2v) is 7.18. The molecule has 0 aliphatic carbocycles. The monoisotopic (exact) mass is 480 g/mol. The number of benzene rings is 1. The lowest BCUT2D eigenvalue weighted by atomic mass is 10.2. The van der Waals surface area contributed by atoms with Gasteiger partial charge in [-0.2, -0.15) is 28.1 Å². The molecule has 31 heavy (non-hydrogen) atoms. The van der Waals surface area contributed by atoms with Crippen LogP contribution in [0.25, 0.3) is 0 Å². The molecular formula is C18H21Cl2F3N6O2. The first-order chi connectivity index (χ1) is 14.4. The predicted molar refractivity (Wildman–Crippen MR) is 113 cm³/mol. The Kier molecular flexibility index (Phi) is 7.63. The minimum absolute atomic E-state index is 0. The molecule has 3 heterocycles. The smallest absolute Gasteiger partial charge is 0.378 e. The molecule has 2 aliphatic rings. The molecule has 1 aromatic carbocycles. The summed E-state index contributed by atoms with van der Waals surface area (Å²) in [5.74, 6) is 1.05. The Hall–Kier alpha value is -2.08. The highest BCUT2D eigenvalue weighted by Crippen LogP contribution is 2.36. The van der Waals surface area contributed by atoms with Crippen molar-refractivity contribution in [3.63, 3.8) is 0 Å². The van der Waals surface area contributed by atoms with E-state index in [9.17, 15) is 13.2 Å². The van der Waals surface area contributed by atoms with E-state index in [0.29, 0.717) is 64.5 Å². The highest BCUT2D eigenvalue weighted by atomic mass is 35.5. The fourth-order valence-corrected chi connectivity index (χ4v) is 3.39. The van der Waals surface area contributed by atoms with Crippen molar-refractivity contribution in [2.75, 3.05) is 67.7 Å². The summed E-state index contributed by atoms with van der Waals surface area (Å²) in [4.78, 5) is 17.3. The first kappa shape index (κ1) is 23.6. The van der Waals surface area contributed by atoms with Gasteiger partial charge in [0.1, 0.15) is 0 Å². The zero-order chi connectivity index (χ0) is 21.1. The van der Waals surface area contributed by atoms with Gasteiger partial charge in [-0.15, -0.1) is 12.4 Å². The number of hydrogen-bond acceptors (Lipinski definition) is 8. The molecule has 170 valence electrons. The number of alkyl halides is 3. The molecule has 1 aromatic heterocycles. The van der Waals surface area contributed by atoms with Crippen LogP contribution in [0.4, 0.5) is 36.7 Å². The molecule has 2 saturated heterocycles. The van der Waals surface area contributed by atoms with Crippen molar-refractivity contribution >= 4 is 47.5 Å². The number of hydrogen-bond donors (Lipinski definition) is 1. The summed E-state index contributed by atoms with van der Waals surface area (Å²) in [5.41, 5.74) is -0.746. The quantitative estimate of drug-likeness (QED) is 0.713. The van der Waals surface area contributed by atoms with E-state index in [0.717, 1.165) is 6.07 Å². The van der Waals surface area contributed by atoms with Crippen molar-refractivity contribution in [1.29, 1.82) is 0 Å². The van der Waals surface area contributed by atoms with E-state index in [1.807, 2.05) is 9.80 Å². The summed E-state index contributed by atoms with van der Waals surface area (Å²) >= 11 is 5.71. The molecule has 2 fully saturated rings. The summed E-state index contributed by atoms with van der Waals surface area (Å²) in [6, 6.07) is 3.58. The highest BCUT2D eigenvalue weighted by molar-refractivity contribution is 6.31. The van der Waals surface area contributed by atoms with E-state index >= 15 is 0 Å². The van der Waals surface area contributed by atoms with E-state index in [1.54, 1.807) is 0 Å². The van der Waals surface area contributed by atoms with Gasteiger partial charge in [-0.3, -0.25) is 0 Å². The van der Waals surface area contributed by atoms with Crippen molar-refractivity contribution in [2.45, 2.75) is 6.18 Å². The number of aromatic nitrogens is 3. The van der Waals surface area contributed by atoms with Gasteiger partial charge in [0, 0.05) is 31.9 Å². The number of anilines is 4. The number of ether oxygens (including phenoxy) is 2. The van der Waals surface area contributed by atoms with Crippen LogP contribution in [0.2, 0.25) is 5.02 Å². The van der Waals surface area contributed by atoms with Crippen molar-refractivity contribution in [1.82, 2.24) is 15.0 Å². The molecule has 0 amide bonds. The maximum atomic E-state index is 13.2. The molecule has 0 spiro atoms. The van der Waals surface area contributed by atoms with Gasteiger partial charge in [0.25, 0.3) is 0 Å². The highest BCUT2D eigenvalue weighted by Gasteiger charge is 2.33. The number of nitrogens with one attached hydrogen (secondary N) is 1. The zero-order valence-electron chi connectivity index (χ0n) is 16.4. The molecule has 8 nitrogen and oxygen atoms in total. The third-order valence-corrected chi connectivity index (χ3v) is 5.06. The van der Waals surface area contributed by atoms with E-state index in [-0.39, 0.29) is 29.1 Å². The summed E-state index contributed by atoms with van der Waals surface area (Å²) in [7, 11) is 0. The van der Waals surface area contributed by atoms with E-state index in [4.69, 9.17) is 21.1 Å². The van der Waals surface area contributed by atoms with E-state index in [2.05, 4.69) is 20.3 Å². The summed E-state index contributed by atoms with van der Waals surface area (Å²) in [6.07, 6.45) is -4.56. The van der Waals surface area contributed by atoms with Crippen LogP contribution in [0, 0.1) is 0 Å². The molecule has 0 saturated carbocycles. The average molecular weight is 481 g/mol. The number of morpholine rings is 2. The van der Waals surface area contributed by atoms with Gasteiger partial charge in [0.05, 0.1) is 37.0 Å². The zero-order valence-corrected chi connectivity index (χ0v) is 17.9. The minimum Gasteiger partial charge on any atom is -0.378 e. The van der Waals surface area contributed by atoms with Crippen LogP contribution in [0.1, 0.15) is 5.56 Å². The van der Waals surface area contributed by atoms with Gasteiger partial charge in [-0.05, 0) is 18.2 Å². The molecule has 0 bridgehead atoms. The van der Waals surface area contributed by atoms with Gasteiger partial charge >= 0.3 is 6.18 Å². The van der Waals surface area contributed by atoms with Crippen LogP contribution >= 0.6 is 24.0 Å². The summed E-state index contributed by atoms with van der Waals surface area (Å²) < 4.78 is 50.3. The topological polar surface area (TPSA) is 75.6 Å². The average Bonchev–Trinajstić information content (AvgIpc) is 2.75. The van der Waals surface area contributed by atoms with Crippen LogP contribution in [0.5, 0.6) is 0 Å². The Morgan fingerprint density at radius 1 is 0.871 bits per heavy atom. The summed E-state index contributed by atoms with van der Waals surface area (Å²) in [5, 5.41) is 2.50. The first-order valence-corrected chi connectivity index (χ1v) is 9.83. The molecule has 13 heteroatoms. The molecule has 0 atom stereocenters.